The second-order valence-corrected chi connectivity index (χ2v) is 6.97. The van der Waals surface area contributed by atoms with Crippen LogP contribution in [0.3, 0.4) is 0 Å². The van der Waals surface area contributed by atoms with E-state index in [-0.39, 0.29) is 21.8 Å². The Morgan fingerprint density at radius 3 is 2.83 bits per heavy atom. The first-order valence-electron chi connectivity index (χ1n) is 6.59. The number of ether oxygens (including phenoxy) is 1. The van der Waals surface area contributed by atoms with Gasteiger partial charge in [-0.25, -0.2) is 4.98 Å². The third-order valence-electron chi connectivity index (χ3n) is 3.25. The van der Waals surface area contributed by atoms with Crippen molar-refractivity contribution in [1.29, 1.82) is 0 Å². The van der Waals surface area contributed by atoms with Crippen LogP contribution in [0, 0.1) is 0 Å². The zero-order chi connectivity index (χ0) is 16.8. The topological polar surface area (TPSA) is 102 Å². The van der Waals surface area contributed by atoms with Gasteiger partial charge in [-0.1, -0.05) is 11.6 Å². The molecule has 2 N–H and O–H groups in total. The Morgan fingerprint density at radius 2 is 2.17 bits per heavy atom. The molecule has 3 rings (SSSR count). The highest BCUT2D eigenvalue weighted by Crippen LogP contribution is 2.33. The highest BCUT2D eigenvalue weighted by molar-refractivity contribution is 7.92. The molecule has 2 heterocycles. The van der Waals surface area contributed by atoms with Gasteiger partial charge in [-0.05, 0) is 25.1 Å². The zero-order valence-corrected chi connectivity index (χ0v) is 13.8. The maximum absolute atomic E-state index is 12.3. The number of fused-ring (bicyclic) bond motifs is 1. The summed E-state index contributed by atoms with van der Waals surface area (Å²) < 4.78 is 33.8. The number of aromatic nitrogens is 2. The molecule has 0 saturated carbocycles. The van der Waals surface area contributed by atoms with E-state index in [0.29, 0.717) is 11.4 Å². The molecule has 2 aromatic rings. The van der Waals surface area contributed by atoms with Crippen molar-refractivity contribution in [3.8, 4) is 5.75 Å². The van der Waals surface area contributed by atoms with E-state index in [2.05, 4.69) is 15.0 Å². The van der Waals surface area contributed by atoms with Crippen molar-refractivity contribution >= 4 is 38.9 Å². The third-order valence-corrected chi connectivity index (χ3v) is 5.12. The fourth-order valence-corrected chi connectivity index (χ4v) is 3.53. The summed E-state index contributed by atoms with van der Waals surface area (Å²) in [4.78, 5) is 15.4. The molecule has 0 radical (unpaired) electrons. The maximum Gasteiger partial charge on any atom is 0.282 e. The molecule has 0 fully saturated rings. The average molecular weight is 357 g/mol. The van der Waals surface area contributed by atoms with Gasteiger partial charge in [0.05, 0.1) is 17.7 Å². The number of hydrogen-bond acceptors (Lipinski definition) is 5. The Labute approximate surface area is 137 Å². The minimum atomic E-state index is -3.94. The predicted molar refractivity (Wildman–Crippen MR) is 84.2 cm³/mol. The number of carbonyl (C=O) groups is 1. The normalized spacial score (nSPS) is 17.2. The maximum atomic E-state index is 12.3. The van der Waals surface area contributed by atoms with Gasteiger partial charge in [0.1, 0.15) is 10.9 Å². The Kier molecular flexibility index (Phi) is 3.69. The van der Waals surface area contributed by atoms with Crippen LogP contribution in [0.2, 0.25) is 5.15 Å². The van der Waals surface area contributed by atoms with E-state index in [4.69, 9.17) is 16.3 Å². The number of imidazole rings is 1. The molecule has 1 aromatic heterocycles. The molecule has 0 spiro atoms. The van der Waals surface area contributed by atoms with Crippen molar-refractivity contribution in [2.75, 3.05) is 10.0 Å². The summed E-state index contributed by atoms with van der Waals surface area (Å²) >= 11 is 5.91. The number of nitrogens with one attached hydrogen (secondary N) is 2. The summed E-state index contributed by atoms with van der Waals surface area (Å²) in [5, 5.41) is 2.38. The van der Waals surface area contributed by atoms with Gasteiger partial charge >= 0.3 is 0 Å². The van der Waals surface area contributed by atoms with Crippen molar-refractivity contribution in [3.05, 3.63) is 29.7 Å². The van der Waals surface area contributed by atoms with E-state index in [1.807, 2.05) is 0 Å². The average Bonchev–Trinajstić information content (AvgIpc) is 2.81. The smallest absolute Gasteiger partial charge is 0.282 e. The third kappa shape index (κ3) is 2.84. The second kappa shape index (κ2) is 5.43. The molecule has 23 heavy (non-hydrogen) atoms. The van der Waals surface area contributed by atoms with Gasteiger partial charge in [-0.2, -0.15) is 8.42 Å². The van der Waals surface area contributed by atoms with Crippen LogP contribution >= 0.6 is 11.6 Å². The van der Waals surface area contributed by atoms with Gasteiger partial charge in [0, 0.05) is 7.05 Å². The molecule has 8 nitrogen and oxygen atoms in total. The van der Waals surface area contributed by atoms with E-state index in [9.17, 15) is 13.2 Å². The minimum absolute atomic E-state index is 0.000853. The summed E-state index contributed by atoms with van der Waals surface area (Å²) in [5.74, 6) is 0.168. The second-order valence-electron chi connectivity index (χ2n) is 5.02. The van der Waals surface area contributed by atoms with E-state index < -0.39 is 16.1 Å². The number of sulfonamides is 1. The number of carbonyl (C=O) groups excluding carboxylic acids is 1. The lowest BCUT2D eigenvalue weighted by molar-refractivity contribution is -0.122. The van der Waals surface area contributed by atoms with Crippen molar-refractivity contribution in [3.63, 3.8) is 0 Å². The van der Waals surface area contributed by atoms with Gasteiger partial charge in [-0.3, -0.25) is 9.52 Å². The van der Waals surface area contributed by atoms with Crippen LogP contribution in [-0.2, 0) is 21.9 Å². The van der Waals surface area contributed by atoms with Crippen molar-refractivity contribution < 1.29 is 17.9 Å². The van der Waals surface area contributed by atoms with Crippen LogP contribution in [0.25, 0.3) is 0 Å². The number of hydrogen-bond donors (Lipinski definition) is 2. The molecule has 0 aliphatic carbocycles. The molecule has 1 amide bonds. The van der Waals surface area contributed by atoms with Gasteiger partial charge in [0.2, 0.25) is 5.03 Å². The first-order chi connectivity index (χ1) is 10.8. The van der Waals surface area contributed by atoms with E-state index >= 15 is 0 Å². The lowest BCUT2D eigenvalue weighted by atomic mass is 10.2. The van der Waals surface area contributed by atoms with Gasteiger partial charge in [-0.15, -0.1) is 0 Å². The number of nitrogens with zero attached hydrogens (tertiary/aromatic N) is 2. The van der Waals surface area contributed by atoms with Crippen molar-refractivity contribution in [2.45, 2.75) is 18.1 Å². The van der Waals surface area contributed by atoms with Crippen LogP contribution < -0.4 is 14.8 Å². The van der Waals surface area contributed by atoms with Crippen LogP contribution in [0.15, 0.2) is 29.6 Å². The first-order valence-corrected chi connectivity index (χ1v) is 8.45. The number of anilines is 2. The van der Waals surface area contributed by atoms with Crippen molar-refractivity contribution in [2.24, 2.45) is 7.05 Å². The molecule has 0 bridgehead atoms. The lowest BCUT2D eigenvalue weighted by Crippen LogP contribution is -2.34. The number of benzene rings is 1. The van der Waals surface area contributed by atoms with Gasteiger partial charge in [0.15, 0.2) is 6.10 Å². The molecular weight excluding hydrogens is 344 g/mol. The Morgan fingerprint density at radius 1 is 1.43 bits per heavy atom. The highest BCUT2D eigenvalue weighted by Gasteiger charge is 2.26. The van der Waals surface area contributed by atoms with Crippen LogP contribution in [0.1, 0.15) is 6.92 Å². The standard InChI is InChI=1S/C13H13ClN4O4S/c1-7-12(19)16-9-5-8(3-4-10(9)22-7)17-23(20,21)13-11(14)18(2)6-15-13/h3-7,17H,1-2H3,(H,16,19). The molecular formula is C13H13ClN4O4S. The number of amides is 1. The monoisotopic (exact) mass is 356 g/mol. The Bertz CT molecular complexity index is 893. The zero-order valence-electron chi connectivity index (χ0n) is 12.2. The van der Waals surface area contributed by atoms with Gasteiger partial charge in [0.25, 0.3) is 15.9 Å². The van der Waals surface area contributed by atoms with E-state index in [1.54, 1.807) is 20.0 Å². The minimum Gasteiger partial charge on any atom is -0.479 e. The van der Waals surface area contributed by atoms with Crippen molar-refractivity contribution in [1.82, 2.24) is 9.55 Å². The Balaban J connectivity index is 1.91. The first kappa shape index (κ1) is 15.6. The van der Waals surface area contributed by atoms with E-state index in [1.165, 1.54) is 23.0 Å². The van der Waals surface area contributed by atoms with E-state index in [0.717, 1.165) is 0 Å². The molecule has 1 aliphatic rings. The van der Waals surface area contributed by atoms with Gasteiger partial charge < -0.3 is 14.6 Å². The molecule has 1 unspecified atom stereocenters. The summed E-state index contributed by atoms with van der Waals surface area (Å²) in [6.45, 7) is 1.62. The van der Waals surface area contributed by atoms with Crippen LogP contribution in [0.5, 0.6) is 5.75 Å². The SMILES string of the molecule is CC1Oc2ccc(NS(=O)(=O)c3ncn(C)c3Cl)cc2NC1=O. The van der Waals surface area contributed by atoms with Crippen LogP contribution in [0.4, 0.5) is 11.4 Å². The largest absolute Gasteiger partial charge is 0.479 e. The Hall–Kier alpha value is -2.26. The summed E-state index contributed by atoms with van der Waals surface area (Å²) in [6, 6.07) is 4.56. The molecule has 122 valence electrons. The summed E-state index contributed by atoms with van der Waals surface area (Å²) in [7, 11) is -2.36. The molecule has 0 saturated heterocycles. The molecule has 1 aromatic carbocycles. The predicted octanol–water partition coefficient (Wildman–Crippen LogP) is 1.59. The summed E-state index contributed by atoms with van der Waals surface area (Å²) in [6.07, 6.45) is 0.705. The quantitative estimate of drug-likeness (QED) is 0.869. The number of aryl methyl sites for hydroxylation is 1. The molecule has 1 aliphatic heterocycles. The highest BCUT2D eigenvalue weighted by atomic mass is 35.5. The van der Waals surface area contributed by atoms with Crippen LogP contribution in [-0.4, -0.2) is 30.0 Å². The molecule has 1 atom stereocenters. The fourth-order valence-electron chi connectivity index (χ4n) is 2.05. The summed E-state index contributed by atoms with van der Waals surface area (Å²) in [5.41, 5.74) is 0.643. The lowest BCUT2D eigenvalue weighted by Gasteiger charge is -2.23. The number of halogens is 1. The fraction of sp³-hybridized carbons (Fsp3) is 0.231. The molecule has 10 heteroatoms. The number of rotatable bonds is 3.